The van der Waals surface area contributed by atoms with Crippen LogP contribution in [0, 0.1) is 0 Å². The van der Waals surface area contributed by atoms with E-state index in [9.17, 15) is 0 Å². The number of piperidine rings is 1. The van der Waals surface area contributed by atoms with Crippen LogP contribution in [0.15, 0.2) is 36.8 Å². The Balaban J connectivity index is 1.90. The van der Waals surface area contributed by atoms with Crippen LogP contribution >= 0.6 is 0 Å². The van der Waals surface area contributed by atoms with Crippen molar-refractivity contribution in [2.24, 2.45) is 7.05 Å². The molecule has 5 heteroatoms. The second kappa shape index (κ2) is 7.64. The van der Waals surface area contributed by atoms with Crippen molar-refractivity contribution in [3.8, 4) is 5.75 Å². The number of methoxy groups -OCH3 is 1. The summed E-state index contributed by atoms with van der Waals surface area (Å²) in [5.74, 6) is 0.958. The Bertz CT molecular complexity index is 749. The molecule has 2 heterocycles. The van der Waals surface area contributed by atoms with E-state index in [1.165, 1.54) is 11.3 Å². The first-order chi connectivity index (χ1) is 12.7. The van der Waals surface area contributed by atoms with Gasteiger partial charge in [0.15, 0.2) is 0 Å². The first-order valence-corrected chi connectivity index (χ1v) is 9.80. The quantitative estimate of drug-likeness (QED) is 0.841. The fraction of sp³-hybridized carbons (Fsp3) is 0.591. The van der Waals surface area contributed by atoms with Crippen molar-refractivity contribution in [3.05, 3.63) is 48.0 Å². The normalized spacial score (nSPS) is 19.4. The summed E-state index contributed by atoms with van der Waals surface area (Å²) >= 11 is 0. The second-order valence-corrected chi connectivity index (χ2v) is 9.17. The molecule has 1 saturated heterocycles. The molecule has 3 rings (SSSR count). The van der Waals surface area contributed by atoms with Crippen LogP contribution in [-0.2, 0) is 20.1 Å². The standard InChI is InChI=1S/C22H34N4O/c1-21(2)11-18(12-22(3,4)24-21)26(15-19-13-23-16-25(19)5)14-17-9-7-8-10-20(17)27-6/h7-10,13,16,18,24H,11-12,14-15H2,1-6H3. The number of imidazole rings is 1. The fourth-order valence-corrected chi connectivity index (χ4v) is 4.64. The molecule has 27 heavy (non-hydrogen) atoms. The van der Waals surface area contributed by atoms with E-state index < -0.39 is 0 Å². The van der Waals surface area contributed by atoms with Gasteiger partial charge in [-0.05, 0) is 46.6 Å². The highest BCUT2D eigenvalue weighted by atomic mass is 16.5. The lowest BCUT2D eigenvalue weighted by molar-refractivity contribution is 0.0547. The number of hydrogen-bond donors (Lipinski definition) is 1. The number of hydrogen-bond acceptors (Lipinski definition) is 4. The third-order valence-corrected chi connectivity index (χ3v) is 5.53. The van der Waals surface area contributed by atoms with Gasteiger partial charge in [-0.3, -0.25) is 4.90 Å². The van der Waals surface area contributed by atoms with Crippen LogP contribution in [-0.4, -0.2) is 38.7 Å². The van der Waals surface area contributed by atoms with Gasteiger partial charge in [-0.15, -0.1) is 0 Å². The van der Waals surface area contributed by atoms with Gasteiger partial charge in [-0.1, -0.05) is 18.2 Å². The summed E-state index contributed by atoms with van der Waals surface area (Å²) in [6.45, 7) is 11.0. The van der Waals surface area contributed by atoms with Crippen molar-refractivity contribution in [1.82, 2.24) is 19.8 Å². The highest BCUT2D eigenvalue weighted by molar-refractivity contribution is 5.33. The Morgan fingerprint density at radius 2 is 1.81 bits per heavy atom. The Morgan fingerprint density at radius 3 is 2.41 bits per heavy atom. The Hall–Kier alpha value is -1.85. The largest absolute Gasteiger partial charge is 0.496 e. The zero-order valence-electron chi connectivity index (χ0n) is 17.6. The predicted molar refractivity (Wildman–Crippen MR) is 110 cm³/mol. The van der Waals surface area contributed by atoms with Gasteiger partial charge >= 0.3 is 0 Å². The molecule has 0 spiro atoms. The van der Waals surface area contributed by atoms with E-state index >= 15 is 0 Å². The second-order valence-electron chi connectivity index (χ2n) is 9.17. The van der Waals surface area contributed by atoms with Crippen molar-refractivity contribution >= 4 is 0 Å². The van der Waals surface area contributed by atoms with Crippen molar-refractivity contribution in [3.63, 3.8) is 0 Å². The minimum atomic E-state index is 0.109. The number of nitrogens with one attached hydrogen (secondary N) is 1. The topological polar surface area (TPSA) is 42.3 Å². The summed E-state index contributed by atoms with van der Waals surface area (Å²) in [4.78, 5) is 6.91. The molecule has 1 fully saturated rings. The number of nitrogens with zero attached hydrogens (tertiary/aromatic N) is 3. The number of benzene rings is 1. The van der Waals surface area contributed by atoms with Crippen molar-refractivity contribution in [2.45, 2.75) is 70.7 Å². The minimum Gasteiger partial charge on any atom is -0.496 e. The van der Waals surface area contributed by atoms with E-state index in [0.29, 0.717) is 6.04 Å². The number of rotatable bonds is 6. The van der Waals surface area contributed by atoms with Crippen LogP contribution in [0.25, 0.3) is 0 Å². The van der Waals surface area contributed by atoms with E-state index in [4.69, 9.17) is 4.74 Å². The SMILES string of the molecule is COc1ccccc1CN(Cc1cncn1C)C1CC(C)(C)NC(C)(C)C1. The average molecular weight is 371 g/mol. The van der Waals surface area contributed by atoms with Crippen molar-refractivity contribution < 1.29 is 4.74 Å². The molecule has 0 radical (unpaired) electrons. The summed E-state index contributed by atoms with van der Waals surface area (Å²) in [6.07, 6.45) is 6.09. The molecule has 0 bridgehead atoms. The Morgan fingerprint density at radius 1 is 1.15 bits per heavy atom. The first kappa shape index (κ1) is 19.9. The van der Waals surface area contributed by atoms with Crippen LogP contribution in [0.5, 0.6) is 5.75 Å². The molecule has 1 aliphatic rings. The van der Waals surface area contributed by atoms with Gasteiger partial charge in [0.05, 0.1) is 19.1 Å². The van der Waals surface area contributed by atoms with E-state index in [1.807, 2.05) is 24.7 Å². The molecule has 0 aliphatic carbocycles. The third kappa shape index (κ3) is 4.90. The molecule has 148 valence electrons. The van der Waals surface area contributed by atoms with Crippen LogP contribution in [0.1, 0.15) is 51.8 Å². The van der Waals surface area contributed by atoms with Crippen molar-refractivity contribution in [1.29, 1.82) is 0 Å². The summed E-state index contributed by atoms with van der Waals surface area (Å²) in [5.41, 5.74) is 2.69. The maximum atomic E-state index is 5.62. The maximum absolute atomic E-state index is 5.62. The van der Waals surface area contributed by atoms with E-state index in [0.717, 1.165) is 31.7 Å². The van der Waals surface area contributed by atoms with Gasteiger partial charge in [-0.2, -0.15) is 0 Å². The summed E-state index contributed by atoms with van der Waals surface area (Å²) < 4.78 is 7.74. The molecule has 5 nitrogen and oxygen atoms in total. The molecule has 0 amide bonds. The fourth-order valence-electron chi connectivity index (χ4n) is 4.64. The molecular weight excluding hydrogens is 336 g/mol. The lowest BCUT2D eigenvalue weighted by atomic mass is 9.79. The maximum Gasteiger partial charge on any atom is 0.123 e. The highest BCUT2D eigenvalue weighted by Crippen LogP contribution is 2.34. The Kier molecular flexibility index (Phi) is 5.63. The molecule has 0 saturated carbocycles. The lowest BCUT2D eigenvalue weighted by Gasteiger charge is -2.49. The van der Waals surface area contributed by atoms with Crippen molar-refractivity contribution in [2.75, 3.05) is 7.11 Å². The number of para-hydroxylation sites is 1. The zero-order valence-corrected chi connectivity index (χ0v) is 17.6. The lowest BCUT2D eigenvalue weighted by Crippen LogP contribution is -2.62. The van der Waals surface area contributed by atoms with Gasteiger partial charge in [0.25, 0.3) is 0 Å². The Labute approximate surface area is 163 Å². The molecule has 1 aliphatic heterocycles. The van der Waals surface area contributed by atoms with Crippen LogP contribution in [0.3, 0.4) is 0 Å². The van der Waals surface area contributed by atoms with Crippen LogP contribution < -0.4 is 10.1 Å². The van der Waals surface area contributed by atoms with E-state index in [1.54, 1.807) is 7.11 Å². The summed E-state index contributed by atoms with van der Waals surface area (Å²) in [5, 5.41) is 3.80. The minimum absolute atomic E-state index is 0.109. The molecule has 0 unspecified atom stereocenters. The summed E-state index contributed by atoms with van der Waals surface area (Å²) in [7, 11) is 3.82. The predicted octanol–water partition coefficient (Wildman–Crippen LogP) is 3.74. The molecular formula is C22H34N4O. The van der Waals surface area contributed by atoms with E-state index in [2.05, 4.69) is 66.6 Å². The zero-order chi connectivity index (χ0) is 19.7. The summed E-state index contributed by atoms with van der Waals surface area (Å²) in [6, 6.07) is 8.83. The van der Waals surface area contributed by atoms with Gasteiger partial charge in [0, 0.05) is 49.0 Å². The van der Waals surface area contributed by atoms with Gasteiger partial charge in [-0.25, -0.2) is 4.98 Å². The average Bonchev–Trinajstić information content (AvgIpc) is 2.97. The molecule has 1 aromatic heterocycles. The van der Waals surface area contributed by atoms with Crippen LogP contribution in [0.4, 0.5) is 0 Å². The monoisotopic (exact) mass is 370 g/mol. The molecule has 1 aromatic carbocycles. The number of ether oxygens (including phenoxy) is 1. The highest BCUT2D eigenvalue weighted by Gasteiger charge is 2.40. The van der Waals surface area contributed by atoms with Gasteiger partial charge < -0.3 is 14.6 Å². The van der Waals surface area contributed by atoms with E-state index in [-0.39, 0.29) is 11.1 Å². The molecule has 0 atom stereocenters. The smallest absolute Gasteiger partial charge is 0.123 e. The number of aryl methyl sites for hydroxylation is 1. The third-order valence-electron chi connectivity index (χ3n) is 5.53. The van der Waals surface area contributed by atoms with Gasteiger partial charge in [0.1, 0.15) is 5.75 Å². The van der Waals surface area contributed by atoms with Crippen LogP contribution in [0.2, 0.25) is 0 Å². The van der Waals surface area contributed by atoms with Gasteiger partial charge in [0.2, 0.25) is 0 Å². The molecule has 2 aromatic rings. The first-order valence-electron chi connectivity index (χ1n) is 9.80. The molecule has 1 N–H and O–H groups in total. The number of aromatic nitrogens is 2.